The van der Waals surface area contributed by atoms with Crippen LogP contribution in [-0.4, -0.2) is 11.5 Å². The van der Waals surface area contributed by atoms with Crippen molar-refractivity contribution in [3.63, 3.8) is 0 Å². The van der Waals surface area contributed by atoms with Crippen LogP contribution in [0.5, 0.6) is 0 Å². The Hall–Kier alpha value is -1.38. The smallest absolute Gasteiger partial charge is 0.0640 e. The van der Waals surface area contributed by atoms with Gasteiger partial charge in [-0.2, -0.15) is 0 Å². The summed E-state index contributed by atoms with van der Waals surface area (Å²) in [5, 5.41) is 4.32. The minimum atomic E-state index is 0.141. The van der Waals surface area contributed by atoms with Crippen LogP contribution in [0, 0.1) is 0 Å². The van der Waals surface area contributed by atoms with Crippen molar-refractivity contribution >= 4 is 11.6 Å². The van der Waals surface area contributed by atoms with Gasteiger partial charge in [-0.25, -0.2) is 0 Å². The summed E-state index contributed by atoms with van der Waals surface area (Å²) < 4.78 is 0. The molecule has 3 heteroatoms. The molecule has 0 bridgehead atoms. The molecule has 1 aromatic heterocycles. The maximum atomic E-state index is 6.38. The van der Waals surface area contributed by atoms with E-state index in [9.17, 15) is 0 Å². The zero-order valence-electron chi connectivity index (χ0n) is 12.3. The van der Waals surface area contributed by atoms with E-state index >= 15 is 0 Å². The first-order chi connectivity index (χ1) is 10.3. The Balaban J connectivity index is 2.03. The van der Waals surface area contributed by atoms with Gasteiger partial charge in [0, 0.05) is 12.4 Å². The average molecular weight is 301 g/mol. The van der Waals surface area contributed by atoms with Crippen LogP contribution in [0.3, 0.4) is 0 Å². The molecule has 0 saturated heterocycles. The molecule has 1 aliphatic carbocycles. The summed E-state index contributed by atoms with van der Waals surface area (Å²) in [7, 11) is 0. The van der Waals surface area contributed by atoms with Crippen molar-refractivity contribution in [1.29, 1.82) is 0 Å². The number of halogens is 1. The molecule has 3 rings (SSSR count). The fourth-order valence-corrected chi connectivity index (χ4v) is 3.30. The van der Waals surface area contributed by atoms with Gasteiger partial charge in [-0.1, -0.05) is 49.2 Å². The lowest BCUT2D eigenvalue weighted by atomic mass is 9.76. The number of pyridine rings is 1. The second-order valence-electron chi connectivity index (χ2n) is 5.64. The summed E-state index contributed by atoms with van der Waals surface area (Å²) in [6.07, 6.45) is 7.51. The molecule has 2 nitrogen and oxygen atoms in total. The standard InChI is InChI=1S/C18H21ClN2/c1-2-21-18(16-10-11-20-12-17(16)19)15-9-4-3-8-14(15)13-6-5-7-13/h3-4,8-13,18,21H,2,5-7H2,1H3. The molecule has 1 N–H and O–H groups in total. The lowest BCUT2D eigenvalue weighted by Gasteiger charge is -2.31. The number of benzene rings is 1. The van der Waals surface area contributed by atoms with Crippen LogP contribution in [0.25, 0.3) is 0 Å². The van der Waals surface area contributed by atoms with Crippen molar-refractivity contribution in [3.05, 3.63) is 64.4 Å². The first-order valence-electron chi connectivity index (χ1n) is 7.73. The van der Waals surface area contributed by atoms with E-state index in [1.54, 1.807) is 6.20 Å². The first kappa shape index (κ1) is 14.6. The zero-order chi connectivity index (χ0) is 14.7. The molecule has 1 heterocycles. The van der Waals surface area contributed by atoms with Crippen molar-refractivity contribution < 1.29 is 0 Å². The Morgan fingerprint density at radius 3 is 2.71 bits per heavy atom. The lowest BCUT2D eigenvalue weighted by molar-refractivity contribution is 0.414. The van der Waals surface area contributed by atoms with Crippen molar-refractivity contribution in [3.8, 4) is 0 Å². The highest BCUT2D eigenvalue weighted by molar-refractivity contribution is 6.31. The van der Waals surface area contributed by atoms with E-state index in [-0.39, 0.29) is 6.04 Å². The van der Waals surface area contributed by atoms with Crippen LogP contribution < -0.4 is 5.32 Å². The Bertz CT molecular complexity index is 608. The Morgan fingerprint density at radius 2 is 2.05 bits per heavy atom. The molecule has 0 aliphatic heterocycles. The third-order valence-corrected chi connectivity index (χ3v) is 4.69. The highest BCUT2D eigenvalue weighted by Gasteiger charge is 2.26. The van der Waals surface area contributed by atoms with Gasteiger partial charge in [0.2, 0.25) is 0 Å². The van der Waals surface area contributed by atoms with Gasteiger partial charge >= 0.3 is 0 Å². The van der Waals surface area contributed by atoms with Gasteiger partial charge < -0.3 is 5.32 Å². The Labute approximate surface area is 131 Å². The predicted molar refractivity (Wildman–Crippen MR) is 87.8 cm³/mol. The Kier molecular flexibility index (Phi) is 4.57. The second kappa shape index (κ2) is 6.59. The van der Waals surface area contributed by atoms with E-state index in [0.717, 1.165) is 17.1 Å². The number of aromatic nitrogens is 1. The SMILES string of the molecule is CCNC(c1ccncc1Cl)c1ccccc1C1CCC1. The van der Waals surface area contributed by atoms with Gasteiger partial charge in [-0.05, 0) is 48.1 Å². The van der Waals surface area contributed by atoms with Gasteiger partial charge in [0.25, 0.3) is 0 Å². The molecule has 1 aliphatic rings. The first-order valence-corrected chi connectivity index (χ1v) is 8.10. The molecule has 0 radical (unpaired) electrons. The van der Waals surface area contributed by atoms with E-state index in [1.807, 2.05) is 12.3 Å². The van der Waals surface area contributed by atoms with Crippen molar-refractivity contribution in [2.24, 2.45) is 0 Å². The summed E-state index contributed by atoms with van der Waals surface area (Å²) >= 11 is 6.38. The fourth-order valence-electron chi connectivity index (χ4n) is 3.08. The third kappa shape index (κ3) is 2.97. The van der Waals surface area contributed by atoms with Crippen LogP contribution in [0.4, 0.5) is 0 Å². The molecule has 21 heavy (non-hydrogen) atoms. The molecule has 110 valence electrons. The molecule has 1 atom stereocenters. The topological polar surface area (TPSA) is 24.9 Å². The number of hydrogen-bond acceptors (Lipinski definition) is 2. The minimum Gasteiger partial charge on any atom is -0.306 e. The molecule has 2 aromatic rings. The maximum Gasteiger partial charge on any atom is 0.0640 e. The predicted octanol–water partition coefficient (Wildman–Crippen LogP) is 4.70. The molecule has 1 unspecified atom stereocenters. The van der Waals surface area contributed by atoms with E-state index in [2.05, 4.69) is 41.5 Å². The Morgan fingerprint density at radius 1 is 1.24 bits per heavy atom. The van der Waals surface area contributed by atoms with Crippen LogP contribution in [-0.2, 0) is 0 Å². The van der Waals surface area contributed by atoms with Gasteiger partial charge in [-0.15, -0.1) is 0 Å². The van der Waals surface area contributed by atoms with Crippen molar-refractivity contribution in [2.45, 2.75) is 38.1 Å². The summed E-state index contributed by atoms with van der Waals surface area (Å²) in [6.45, 7) is 3.04. The molecular formula is C18H21ClN2. The molecule has 0 amide bonds. The average Bonchev–Trinajstić information content (AvgIpc) is 2.45. The number of hydrogen-bond donors (Lipinski definition) is 1. The normalized spacial score (nSPS) is 16.5. The second-order valence-corrected chi connectivity index (χ2v) is 6.05. The van der Waals surface area contributed by atoms with E-state index in [1.165, 1.54) is 30.4 Å². The van der Waals surface area contributed by atoms with E-state index < -0.39 is 0 Å². The van der Waals surface area contributed by atoms with E-state index in [0.29, 0.717) is 5.92 Å². The lowest BCUT2D eigenvalue weighted by Crippen LogP contribution is -2.25. The van der Waals surface area contributed by atoms with E-state index in [4.69, 9.17) is 11.6 Å². The molecule has 1 saturated carbocycles. The highest BCUT2D eigenvalue weighted by Crippen LogP contribution is 2.41. The summed E-state index contributed by atoms with van der Waals surface area (Å²) in [5.41, 5.74) is 3.94. The number of nitrogens with one attached hydrogen (secondary N) is 1. The number of rotatable bonds is 5. The summed E-state index contributed by atoms with van der Waals surface area (Å²) in [5.74, 6) is 0.711. The fraction of sp³-hybridized carbons (Fsp3) is 0.389. The maximum absolute atomic E-state index is 6.38. The van der Waals surface area contributed by atoms with Gasteiger partial charge in [-0.3, -0.25) is 4.98 Å². The molecule has 1 fully saturated rings. The van der Waals surface area contributed by atoms with Gasteiger partial charge in [0.05, 0.1) is 11.1 Å². The van der Waals surface area contributed by atoms with Crippen LogP contribution in [0.1, 0.15) is 54.8 Å². The van der Waals surface area contributed by atoms with Crippen molar-refractivity contribution in [2.75, 3.05) is 6.54 Å². The minimum absolute atomic E-state index is 0.141. The largest absolute Gasteiger partial charge is 0.306 e. The summed E-state index contributed by atoms with van der Waals surface area (Å²) in [6, 6.07) is 10.9. The molecular weight excluding hydrogens is 280 g/mol. The molecule has 1 aromatic carbocycles. The molecule has 0 spiro atoms. The zero-order valence-corrected chi connectivity index (χ0v) is 13.1. The van der Waals surface area contributed by atoms with Gasteiger partial charge in [0.1, 0.15) is 0 Å². The summed E-state index contributed by atoms with van der Waals surface area (Å²) in [4.78, 5) is 4.11. The highest BCUT2D eigenvalue weighted by atomic mass is 35.5. The quantitative estimate of drug-likeness (QED) is 0.865. The van der Waals surface area contributed by atoms with Gasteiger partial charge in [0.15, 0.2) is 0 Å². The van der Waals surface area contributed by atoms with Crippen molar-refractivity contribution in [1.82, 2.24) is 10.3 Å². The monoisotopic (exact) mass is 300 g/mol. The van der Waals surface area contributed by atoms with Crippen LogP contribution in [0.2, 0.25) is 5.02 Å². The van der Waals surface area contributed by atoms with Crippen LogP contribution in [0.15, 0.2) is 42.7 Å². The number of nitrogens with zero attached hydrogens (tertiary/aromatic N) is 1. The van der Waals surface area contributed by atoms with Crippen LogP contribution >= 0.6 is 11.6 Å². The third-order valence-electron chi connectivity index (χ3n) is 4.38.